The summed E-state index contributed by atoms with van der Waals surface area (Å²) >= 11 is 7.17. The highest BCUT2D eigenvalue weighted by molar-refractivity contribution is 7.99. The second-order valence-corrected chi connectivity index (χ2v) is 4.27. The molecule has 0 amide bonds. The van der Waals surface area contributed by atoms with Gasteiger partial charge in [0, 0.05) is 12.3 Å². The molecule has 0 fully saturated rings. The van der Waals surface area contributed by atoms with Crippen molar-refractivity contribution in [2.24, 2.45) is 0 Å². The van der Waals surface area contributed by atoms with Crippen LogP contribution >= 0.6 is 23.4 Å². The van der Waals surface area contributed by atoms with Crippen molar-refractivity contribution in [1.82, 2.24) is 9.97 Å². The topological polar surface area (TPSA) is 81.0 Å². The van der Waals surface area contributed by atoms with E-state index in [0.717, 1.165) is 5.75 Å². The number of nitrogens with zero attached hydrogens (tertiary/aromatic N) is 3. The Balaban J connectivity index is 2.62. The molecule has 17 heavy (non-hydrogen) atoms. The van der Waals surface area contributed by atoms with E-state index in [1.807, 2.05) is 0 Å². The Morgan fingerprint density at radius 2 is 2.41 bits per heavy atom. The molecule has 0 aliphatic rings. The number of halogens is 1. The van der Waals surface area contributed by atoms with Gasteiger partial charge < -0.3 is 5.32 Å². The van der Waals surface area contributed by atoms with Gasteiger partial charge in [0.1, 0.15) is 6.33 Å². The lowest BCUT2D eigenvalue weighted by Crippen LogP contribution is -2.09. The fourth-order valence-electron chi connectivity index (χ4n) is 1.02. The van der Waals surface area contributed by atoms with E-state index in [-0.39, 0.29) is 16.7 Å². The highest BCUT2D eigenvalue weighted by Gasteiger charge is 2.20. The van der Waals surface area contributed by atoms with Crippen LogP contribution in [0.25, 0.3) is 0 Å². The standard InChI is InChI=1S/C9H9ClN4O2S/c1-2-4-17-5-3-11-9-7(14(15)16)8(10)12-6-13-9/h1,6H,3-5H2,(H,11,12,13). The summed E-state index contributed by atoms with van der Waals surface area (Å²) in [4.78, 5) is 17.5. The van der Waals surface area contributed by atoms with E-state index in [0.29, 0.717) is 12.3 Å². The largest absolute Gasteiger partial charge is 0.363 e. The fourth-order valence-corrected chi connectivity index (χ4v) is 1.73. The average Bonchev–Trinajstić information content (AvgIpc) is 2.28. The molecule has 1 heterocycles. The third-order valence-electron chi connectivity index (χ3n) is 1.68. The van der Waals surface area contributed by atoms with Gasteiger partial charge >= 0.3 is 5.69 Å². The summed E-state index contributed by atoms with van der Waals surface area (Å²) in [5.74, 6) is 3.94. The molecule has 1 N–H and O–H groups in total. The van der Waals surface area contributed by atoms with Crippen molar-refractivity contribution in [3.63, 3.8) is 0 Å². The molecule has 0 aliphatic heterocycles. The molecule has 0 saturated carbocycles. The number of hydrogen-bond acceptors (Lipinski definition) is 6. The van der Waals surface area contributed by atoms with Crippen molar-refractivity contribution in [3.05, 3.63) is 21.6 Å². The van der Waals surface area contributed by atoms with Crippen LogP contribution in [0.2, 0.25) is 5.15 Å². The van der Waals surface area contributed by atoms with Gasteiger partial charge in [-0.25, -0.2) is 9.97 Å². The summed E-state index contributed by atoms with van der Waals surface area (Å²) in [5, 5.41) is 13.4. The number of terminal acetylenes is 1. The van der Waals surface area contributed by atoms with Gasteiger partial charge in [0.2, 0.25) is 11.0 Å². The van der Waals surface area contributed by atoms with Gasteiger partial charge in [-0.2, -0.15) is 0 Å². The van der Waals surface area contributed by atoms with Gasteiger partial charge in [0.05, 0.1) is 10.7 Å². The monoisotopic (exact) mass is 272 g/mol. The van der Waals surface area contributed by atoms with Crippen molar-refractivity contribution in [3.8, 4) is 12.3 Å². The first kappa shape index (κ1) is 13.5. The number of nitrogens with one attached hydrogen (secondary N) is 1. The maximum atomic E-state index is 10.7. The smallest absolute Gasteiger partial charge is 0.348 e. The molecule has 0 unspecified atom stereocenters. The normalized spacial score (nSPS) is 9.65. The lowest BCUT2D eigenvalue weighted by Gasteiger charge is -2.05. The predicted molar refractivity (Wildman–Crippen MR) is 68.3 cm³/mol. The van der Waals surface area contributed by atoms with Crippen LogP contribution in [0, 0.1) is 22.5 Å². The molecular formula is C9H9ClN4O2S. The Morgan fingerprint density at radius 1 is 1.65 bits per heavy atom. The van der Waals surface area contributed by atoms with E-state index >= 15 is 0 Å². The fraction of sp³-hybridized carbons (Fsp3) is 0.333. The molecule has 1 aromatic rings. The van der Waals surface area contributed by atoms with E-state index in [1.165, 1.54) is 6.33 Å². The molecule has 1 aromatic heterocycles. The van der Waals surface area contributed by atoms with Crippen molar-refractivity contribution in [2.45, 2.75) is 0 Å². The zero-order valence-electron chi connectivity index (χ0n) is 8.72. The lowest BCUT2D eigenvalue weighted by molar-refractivity contribution is -0.384. The molecule has 8 heteroatoms. The minimum absolute atomic E-state index is 0.122. The van der Waals surface area contributed by atoms with Crippen LogP contribution in [0.4, 0.5) is 11.5 Å². The number of rotatable bonds is 6. The molecule has 0 atom stereocenters. The second kappa shape index (κ2) is 6.93. The molecule has 0 saturated heterocycles. The van der Waals surface area contributed by atoms with Gasteiger partial charge in [-0.3, -0.25) is 10.1 Å². The van der Waals surface area contributed by atoms with Crippen molar-refractivity contribution >= 4 is 34.9 Å². The second-order valence-electron chi connectivity index (χ2n) is 2.80. The molecule has 90 valence electrons. The van der Waals surface area contributed by atoms with Crippen LogP contribution in [0.5, 0.6) is 0 Å². The summed E-state index contributed by atoms with van der Waals surface area (Å²) in [7, 11) is 0. The Hall–Kier alpha value is -1.52. The molecule has 0 bridgehead atoms. The molecule has 6 nitrogen and oxygen atoms in total. The number of nitro groups is 1. The summed E-state index contributed by atoms with van der Waals surface area (Å²) < 4.78 is 0. The molecule has 0 aromatic carbocycles. The molecule has 0 aliphatic carbocycles. The summed E-state index contributed by atoms with van der Waals surface area (Å²) in [6, 6.07) is 0. The Bertz CT molecular complexity index is 449. The third kappa shape index (κ3) is 4.09. The van der Waals surface area contributed by atoms with Gasteiger partial charge in [0.25, 0.3) is 0 Å². The lowest BCUT2D eigenvalue weighted by atomic mass is 10.5. The summed E-state index contributed by atoms with van der Waals surface area (Å²) in [6.45, 7) is 0.514. The molecule has 0 radical (unpaired) electrons. The van der Waals surface area contributed by atoms with Crippen LogP contribution in [0.15, 0.2) is 6.33 Å². The van der Waals surface area contributed by atoms with Crippen LogP contribution < -0.4 is 5.32 Å². The molecular weight excluding hydrogens is 264 g/mol. The van der Waals surface area contributed by atoms with Crippen molar-refractivity contribution in [1.29, 1.82) is 0 Å². The summed E-state index contributed by atoms with van der Waals surface area (Å²) in [6.07, 6.45) is 6.26. The average molecular weight is 273 g/mol. The zero-order valence-corrected chi connectivity index (χ0v) is 10.3. The minimum Gasteiger partial charge on any atom is -0.363 e. The molecule has 0 spiro atoms. The Kier molecular flexibility index (Phi) is 5.52. The van der Waals surface area contributed by atoms with E-state index < -0.39 is 4.92 Å². The first-order chi connectivity index (χ1) is 8.16. The first-order valence-corrected chi connectivity index (χ1v) is 6.10. The van der Waals surface area contributed by atoms with Gasteiger partial charge in [-0.05, 0) is 0 Å². The number of hydrogen-bond donors (Lipinski definition) is 1. The zero-order chi connectivity index (χ0) is 12.7. The van der Waals surface area contributed by atoms with Crippen LogP contribution in [0.1, 0.15) is 0 Å². The number of aromatic nitrogens is 2. The van der Waals surface area contributed by atoms with Crippen molar-refractivity contribution < 1.29 is 4.92 Å². The van der Waals surface area contributed by atoms with Gasteiger partial charge in [-0.15, -0.1) is 18.2 Å². The van der Waals surface area contributed by atoms with E-state index in [4.69, 9.17) is 18.0 Å². The minimum atomic E-state index is -0.612. The number of thioether (sulfide) groups is 1. The van der Waals surface area contributed by atoms with Crippen LogP contribution in [-0.2, 0) is 0 Å². The maximum Gasteiger partial charge on any atom is 0.348 e. The quantitative estimate of drug-likeness (QED) is 0.280. The third-order valence-corrected chi connectivity index (χ3v) is 2.82. The maximum absolute atomic E-state index is 10.7. The summed E-state index contributed by atoms with van der Waals surface area (Å²) in [5.41, 5.74) is -0.309. The SMILES string of the molecule is C#CCSCCNc1ncnc(Cl)c1[N+](=O)[O-]. The predicted octanol–water partition coefficient (Wildman–Crippen LogP) is 1.82. The Labute approximate surface area is 107 Å². The van der Waals surface area contributed by atoms with Crippen molar-refractivity contribution in [2.75, 3.05) is 23.4 Å². The Morgan fingerprint density at radius 3 is 3.06 bits per heavy atom. The first-order valence-electron chi connectivity index (χ1n) is 4.56. The van der Waals surface area contributed by atoms with Crippen LogP contribution in [0.3, 0.4) is 0 Å². The number of anilines is 1. The molecule has 1 rings (SSSR count). The van der Waals surface area contributed by atoms with E-state index in [1.54, 1.807) is 11.8 Å². The van der Waals surface area contributed by atoms with Crippen LogP contribution in [-0.4, -0.2) is 32.9 Å². The van der Waals surface area contributed by atoms with E-state index in [9.17, 15) is 10.1 Å². The highest BCUT2D eigenvalue weighted by Crippen LogP contribution is 2.27. The van der Waals surface area contributed by atoms with Gasteiger partial charge in [0.15, 0.2) is 0 Å². The van der Waals surface area contributed by atoms with Gasteiger partial charge in [-0.1, -0.05) is 17.5 Å². The van der Waals surface area contributed by atoms with E-state index in [2.05, 4.69) is 21.2 Å². The highest BCUT2D eigenvalue weighted by atomic mass is 35.5.